The van der Waals surface area contributed by atoms with Crippen molar-refractivity contribution in [2.24, 2.45) is 5.73 Å². The van der Waals surface area contributed by atoms with E-state index in [-0.39, 0.29) is 0 Å². The van der Waals surface area contributed by atoms with Gasteiger partial charge in [0.15, 0.2) is 5.82 Å². The van der Waals surface area contributed by atoms with E-state index in [0.29, 0.717) is 18.6 Å². The maximum Gasteiger partial charge on any atom is 0.156 e. The molecule has 0 aliphatic heterocycles. The summed E-state index contributed by atoms with van der Waals surface area (Å²) in [5.74, 6) is 2.06. The number of hydrogen-bond donors (Lipinski definition) is 2. The molecule has 0 bridgehead atoms. The molecule has 0 amide bonds. The van der Waals surface area contributed by atoms with E-state index in [1.54, 1.807) is 18.4 Å². The highest BCUT2D eigenvalue weighted by molar-refractivity contribution is 7.11. The lowest BCUT2D eigenvalue weighted by molar-refractivity contribution is 0.177. The number of hydrogen-bond acceptors (Lipinski definition) is 7. The lowest BCUT2D eigenvalue weighted by Gasteiger charge is -2.32. The van der Waals surface area contributed by atoms with Gasteiger partial charge in [0.1, 0.15) is 12.4 Å². The van der Waals surface area contributed by atoms with Crippen LogP contribution in [0.2, 0.25) is 0 Å². The first-order chi connectivity index (χ1) is 12.0. The number of nitrogens with one attached hydrogen (secondary N) is 1. The summed E-state index contributed by atoms with van der Waals surface area (Å²) in [6.45, 7) is 5.49. The van der Waals surface area contributed by atoms with Crippen molar-refractivity contribution in [1.82, 2.24) is 15.0 Å². The predicted octanol–water partition coefficient (Wildman–Crippen LogP) is 2.95. The minimum atomic E-state index is 0.312. The van der Waals surface area contributed by atoms with Gasteiger partial charge < -0.3 is 15.8 Å². The maximum atomic E-state index is 5.92. The molecule has 2 heterocycles. The lowest BCUT2D eigenvalue weighted by Crippen LogP contribution is -2.35. The van der Waals surface area contributed by atoms with Gasteiger partial charge >= 0.3 is 0 Å². The van der Waals surface area contributed by atoms with Crippen LogP contribution in [-0.2, 0) is 17.8 Å². The minimum absolute atomic E-state index is 0.312. The summed E-state index contributed by atoms with van der Waals surface area (Å²) in [5, 5.41) is 4.64. The molecule has 0 aromatic carbocycles. The van der Waals surface area contributed by atoms with Crippen molar-refractivity contribution in [3.63, 3.8) is 0 Å². The summed E-state index contributed by atoms with van der Waals surface area (Å²) < 4.78 is 5.20. The van der Waals surface area contributed by atoms with Crippen molar-refractivity contribution < 1.29 is 4.74 Å². The molecule has 2 aromatic heterocycles. The lowest BCUT2D eigenvalue weighted by atomic mass is 9.78. The van der Waals surface area contributed by atoms with Crippen LogP contribution in [0.5, 0.6) is 0 Å². The van der Waals surface area contributed by atoms with Crippen LogP contribution < -0.4 is 11.1 Å². The van der Waals surface area contributed by atoms with Gasteiger partial charge in [-0.3, -0.25) is 0 Å². The first kappa shape index (κ1) is 18.2. The van der Waals surface area contributed by atoms with Gasteiger partial charge in [-0.1, -0.05) is 0 Å². The van der Waals surface area contributed by atoms with Crippen molar-refractivity contribution in [1.29, 1.82) is 0 Å². The Morgan fingerprint density at radius 2 is 2.08 bits per heavy atom. The van der Waals surface area contributed by atoms with Crippen molar-refractivity contribution in [2.45, 2.75) is 58.1 Å². The summed E-state index contributed by atoms with van der Waals surface area (Å²) in [6.07, 6.45) is 4.03. The van der Waals surface area contributed by atoms with E-state index in [9.17, 15) is 0 Å². The number of nitrogens with two attached hydrogens (primary N) is 1. The van der Waals surface area contributed by atoms with Crippen molar-refractivity contribution in [2.75, 3.05) is 19.0 Å². The van der Waals surface area contributed by atoms with E-state index in [0.717, 1.165) is 55.3 Å². The second-order valence-electron chi connectivity index (χ2n) is 6.74. The van der Waals surface area contributed by atoms with E-state index >= 15 is 0 Å². The molecule has 3 rings (SSSR count). The highest BCUT2D eigenvalue weighted by Crippen LogP contribution is 2.35. The Bertz CT molecular complexity index is 692. The Labute approximate surface area is 153 Å². The van der Waals surface area contributed by atoms with E-state index in [1.807, 2.05) is 0 Å². The Balaban J connectivity index is 1.56. The zero-order valence-corrected chi connectivity index (χ0v) is 16.0. The van der Waals surface area contributed by atoms with E-state index < -0.39 is 0 Å². The molecule has 0 unspecified atom stereocenters. The van der Waals surface area contributed by atoms with Gasteiger partial charge in [0, 0.05) is 48.7 Å². The normalized spacial score (nSPS) is 19.7. The van der Waals surface area contributed by atoms with Crippen LogP contribution in [0, 0.1) is 13.8 Å². The first-order valence-electron chi connectivity index (χ1n) is 8.84. The molecule has 0 spiro atoms. The predicted molar refractivity (Wildman–Crippen MR) is 101 cm³/mol. The molecule has 25 heavy (non-hydrogen) atoms. The molecular weight excluding hydrogens is 334 g/mol. The standard InChI is InChI=1S/C18H27N5OS/c1-11-12(2)25-18(21-11)5-4-6-20-16-9-15(13-7-14(19)8-13)22-17(23-16)10-24-3/h9,13-14H,4-8,10,19H2,1-3H3,(H,20,22,23). The van der Waals surface area contributed by atoms with E-state index in [1.165, 1.54) is 9.88 Å². The second kappa shape index (κ2) is 8.21. The third-order valence-electron chi connectivity index (χ3n) is 4.60. The first-order valence-corrected chi connectivity index (χ1v) is 9.66. The van der Waals surface area contributed by atoms with Gasteiger partial charge in [-0.05, 0) is 33.1 Å². The molecule has 1 aliphatic rings. The number of anilines is 1. The van der Waals surface area contributed by atoms with Gasteiger partial charge in [0.2, 0.25) is 0 Å². The van der Waals surface area contributed by atoms with Crippen LogP contribution in [0.1, 0.15) is 52.3 Å². The zero-order chi connectivity index (χ0) is 17.8. The molecule has 136 valence electrons. The summed E-state index contributed by atoms with van der Waals surface area (Å²) in [6, 6.07) is 2.38. The van der Waals surface area contributed by atoms with Crippen LogP contribution in [0.15, 0.2) is 6.07 Å². The molecule has 2 aromatic rings. The summed E-state index contributed by atoms with van der Waals surface area (Å²) >= 11 is 1.79. The Hall–Kier alpha value is -1.57. The van der Waals surface area contributed by atoms with Crippen LogP contribution >= 0.6 is 11.3 Å². The fraction of sp³-hybridized carbons (Fsp3) is 0.611. The van der Waals surface area contributed by atoms with Gasteiger partial charge in [-0.15, -0.1) is 11.3 Å². The maximum absolute atomic E-state index is 5.92. The van der Waals surface area contributed by atoms with Crippen molar-refractivity contribution in [3.8, 4) is 0 Å². The van der Waals surface area contributed by atoms with Gasteiger partial charge in [-0.2, -0.15) is 0 Å². The monoisotopic (exact) mass is 361 g/mol. The zero-order valence-electron chi connectivity index (χ0n) is 15.2. The molecule has 0 atom stereocenters. The molecule has 7 heteroatoms. The van der Waals surface area contributed by atoms with Crippen LogP contribution in [0.3, 0.4) is 0 Å². The van der Waals surface area contributed by atoms with Gasteiger partial charge in [-0.25, -0.2) is 15.0 Å². The fourth-order valence-corrected chi connectivity index (χ4v) is 3.99. The largest absolute Gasteiger partial charge is 0.377 e. The molecule has 1 fully saturated rings. The second-order valence-corrected chi connectivity index (χ2v) is 8.02. The van der Waals surface area contributed by atoms with Crippen LogP contribution in [-0.4, -0.2) is 34.6 Å². The highest BCUT2D eigenvalue weighted by Gasteiger charge is 2.29. The Morgan fingerprint density at radius 1 is 1.28 bits per heavy atom. The molecule has 1 aliphatic carbocycles. The third-order valence-corrected chi connectivity index (χ3v) is 5.74. The van der Waals surface area contributed by atoms with Gasteiger partial charge in [0.25, 0.3) is 0 Å². The smallest absolute Gasteiger partial charge is 0.156 e. The summed E-state index contributed by atoms with van der Waals surface area (Å²) in [7, 11) is 1.67. The molecule has 0 radical (unpaired) electrons. The molecular formula is C18H27N5OS. The molecule has 3 N–H and O–H groups in total. The molecule has 6 nitrogen and oxygen atoms in total. The van der Waals surface area contributed by atoms with Gasteiger partial charge in [0.05, 0.1) is 10.7 Å². The number of rotatable bonds is 8. The van der Waals surface area contributed by atoms with E-state index in [2.05, 4.69) is 40.2 Å². The number of methoxy groups -OCH3 is 1. The molecule has 1 saturated carbocycles. The number of nitrogens with zero attached hydrogens (tertiary/aromatic N) is 3. The van der Waals surface area contributed by atoms with Crippen LogP contribution in [0.25, 0.3) is 0 Å². The number of ether oxygens (including phenoxy) is 1. The average molecular weight is 362 g/mol. The van der Waals surface area contributed by atoms with Crippen molar-refractivity contribution >= 4 is 17.2 Å². The Morgan fingerprint density at radius 3 is 2.72 bits per heavy atom. The fourth-order valence-electron chi connectivity index (χ4n) is 3.02. The summed E-state index contributed by atoms with van der Waals surface area (Å²) in [4.78, 5) is 15.1. The quantitative estimate of drug-likeness (QED) is 0.703. The topological polar surface area (TPSA) is 86.0 Å². The van der Waals surface area contributed by atoms with Crippen LogP contribution in [0.4, 0.5) is 5.82 Å². The highest BCUT2D eigenvalue weighted by atomic mass is 32.1. The SMILES string of the molecule is COCc1nc(NCCCc2nc(C)c(C)s2)cc(C2CC(N)C2)n1. The third kappa shape index (κ3) is 4.74. The minimum Gasteiger partial charge on any atom is -0.377 e. The number of thiazole rings is 1. The number of aromatic nitrogens is 3. The summed E-state index contributed by atoms with van der Waals surface area (Å²) in [5.41, 5.74) is 8.15. The average Bonchev–Trinajstić information content (AvgIpc) is 2.87. The molecule has 0 saturated heterocycles. The van der Waals surface area contributed by atoms with Crippen molar-refractivity contribution in [3.05, 3.63) is 33.2 Å². The van der Waals surface area contributed by atoms with E-state index in [4.69, 9.17) is 10.5 Å². The Kier molecular flexibility index (Phi) is 5.98. The number of aryl methyl sites for hydroxylation is 3.